The predicted octanol–water partition coefficient (Wildman–Crippen LogP) is 3.38. The van der Waals surface area contributed by atoms with Crippen molar-refractivity contribution in [3.63, 3.8) is 0 Å². The molecule has 5 aromatic rings. The van der Waals surface area contributed by atoms with Crippen LogP contribution < -0.4 is 32.4 Å². The molecule has 2 aliphatic rings. The van der Waals surface area contributed by atoms with Crippen molar-refractivity contribution in [3.05, 3.63) is 45.9 Å². The summed E-state index contributed by atoms with van der Waals surface area (Å²) in [5.74, 6) is 0.00482. The van der Waals surface area contributed by atoms with Crippen LogP contribution in [0, 0.1) is 0 Å². The Morgan fingerprint density at radius 3 is 2.81 bits per heavy atom. The van der Waals surface area contributed by atoms with E-state index in [0.717, 1.165) is 58.9 Å². The van der Waals surface area contributed by atoms with Crippen LogP contribution in [-0.2, 0) is 4.74 Å². The molecule has 1 saturated heterocycles. The molecule has 6 N–H and O–H groups in total. The molecule has 2 atom stereocenters. The number of furan rings is 1. The molecule has 2 fully saturated rings. The zero-order valence-electron chi connectivity index (χ0n) is 22.5. The third-order valence-electron chi connectivity index (χ3n) is 7.69. The number of nitrogens with two attached hydrogens (primary N) is 2. The third kappa shape index (κ3) is 4.87. The van der Waals surface area contributed by atoms with Gasteiger partial charge in [-0.1, -0.05) is 12.8 Å². The second-order valence-electron chi connectivity index (χ2n) is 10.4. The van der Waals surface area contributed by atoms with Gasteiger partial charge in [0.15, 0.2) is 17.0 Å². The van der Waals surface area contributed by atoms with Crippen molar-refractivity contribution >= 4 is 67.0 Å². The van der Waals surface area contributed by atoms with E-state index < -0.39 is 5.91 Å². The average molecular weight is 608 g/mol. The number of ether oxygens (including phenoxy) is 1. The molecular weight excluding hydrogens is 578 g/mol. The summed E-state index contributed by atoms with van der Waals surface area (Å²) in [7, 11) is 0. The second-order valence-corrected chi connectivity index (χ2v) is 12.3. The highest BCUT2D eigenvalue weighted by Gasteiger charge is 2.26. The SMILES string of the molecule is NC(=O)c1c(Nc2csc(-c3coc4c(=O)cc(N5CCOCC5)sc34)c2)nc(N[C@H]2CCCC[C@H]2N)n2ncnc12. The molecule has 15 heteroatoms. The lowest BCUT2D eigenvalue weighted by atomic mass is 9.91. The Hall–Kier alpha value is -4.05. The second kappa shape index (κ2) is 11.0. The van der Waals surface area contributed by atoms with Gasteiger partial charge in [0.2, 0.25) is 11.4 Å². The Balaban J connectivity index is 1.23. The Kier molecular flexibility index (Phi) is 7.01. The molecule has 13 nitrogen and oxygen atoms in total. The molecule has 1 aliphatic heterocycles. The number of anilines is 4. The Bertz CT molecular complexity index is 1840. The van der Waals surface area contributed by atoms with Gasteiger partial charge in [0.1, 0.15) is 18.2 Å². The van der Waals surface area contributed by atoms with E-state index in [1.165, 1.54) is 33.5 Å². The van der Waals surface area contributed by atoms with Gasteiger partial charge in [0.25, 0.3) is 5.91 Å². The fraction of sp³-hybridized carbons (Fsp3) is 0.370. The molecule has 0 spiro atoms. The summed E-state index contributed by atoms with van der Waals surface area (Å²) in [6, 6.07) is 3.56. The summed E-state index contributed by atoms with van der Waals surface area (Å²) in [6.45, 7) is 2.72. The van der Waals surface area contributed by atoms with Gasteiger partial charge in [0, 0.05) is 47.1 Å². The first-order valence-corrected chi connectivity index (χ1v) is 15.5. The number of morpholine rings is 1. The highest BCUT2D eigenvalue weighted by molar-refractivity contribution is 7.23. The van der Waals surface area contributed by atoms with E-state index in [0.29, 0.717) is 36.1 Å². The van der Waals surface area contributed by atoms with Crippen LogP contribution in [0.15, 0.2) is 39.3 Å². The van der Waals surface area contributed by atoms with Crippen molar-refractivity contribution in [1.29, 1.82) is 0 Å². The van der Waals surface area contributed by atoms with Crippen LogP contribution in [0.25, 0.3) is 26.4 Å². The zero-order chi connectivity index (χ0) is 28.8. The molecule has 0 bridgehead atoms. The lowest BCUT2D eigenvalue weighted by Gasteiger charge is -2.29. The van der Waals surface area contributed by atoms with Crippen LogP contribution in [0.4, 0.5) is 22.5 Å². The molecule has 42 heavy (non-hydrogen) atoms. The molecule has 1 saturated carbocycles. The first-order chi connectivity index (χ1) is 20.5. The summed E-state index contributed by atoms with van der Waals surface area (Å²) in [5, 5.41) is 13.8. The summed E-state index contributed by atoms with van der Waals surface area (Å²) in [4.78, 5) is 37.5. The zero-order valence-corrected chi connectivity index (χ0v) is 24.2. The van der Waals surface area contributed by atoms with Crippen molar-refractivity contribution in [2.24, 2.45) is 11.5 Å². The van der Waals surface area contributed by atoms with Crippen LogP contribution in [0.2, 0.25) is 0 Å². The lowest BCUT2D eigenvalue weighted by Crippen LogP contribution is -2.43. The summed E-state index contributed by atoms with van der Waals surface area (Å²) in [5.41, 5.74) is 14.3. The maximum atomic E-state index is 12.9. The molecule has 7 rings (SSSR count). The van der Waals surface area contributed by atoms with E-state index in [9.17, 15) is 9.59 Å². The fourth-order valence-corrected chi connectivity index (χ4v) is 7.63. The highest BCUT2D eigenvalue weighted by Crippen LogP contribution is 2.40. The van der Waals surface area contributed by atoms with E-state index in [4.69, 9.17) is 25.6 Å². The van der Waals surface area contributed by atoms with Gasteiger partial charge >= 0.3 is 0 Å². The molecular formula is C27H29N9O4S2. The minimum Gasteiger partial charge on any atom is -0.459 e. The van der Waals surface area contributed by atoms with Crippen LogP contribution in [0.3, 0.4) is 0 Å². The minimum atomic E-state index is -0.680. The van der Waals surface area contributed by atoms with Gasteiger partial charge < -0.3 is 36.2 Å². The molecule has 0 radical (unpaired) electrons. The number of primary amides is 1. The minimum absolute atomic E-state index is 0.0163. The third-order valence-corrected chi connectivity index (χ3v) is 9.85. The largest absolute Gasteiger partial charge is 0.459 e. The highest BCUT2D eigenvalue weighted by atomic mass is 32.1. The summed E-state index contributed by atoms with van der Waals surface area (Å²) >= 11 is 3.01. The molecule has 0 unspecified atom stereocenters. The Labute approximate surface area is 247 Å². The number of carbonyl (C=O) groups is 1. The van der Waals surface area contributed by atoms with Crippen LogP contribution in [-0.4, -0.2) is 63.9 Å². The number of hydrogen-bond acceptors (Lipinski definition) is 13. The first-order valence-electron chi connectivity index (χ1n) is 13.8. The number of aromatic nitrogens is 4. The molecule has 6 heterocycles. The fourth-order valence-electron chi connectivity index (χ4n) is 5.52. The summed E-state index contributed by atoms with van der Waals surface area (Å²) in [6.07, 6.45) is 6.97. The maximum Gasteiger partial charge on any atom is 0.256 e. The first kappa shape index (κ1) is 26.8. The van der Waals surface area contributed by atoms with Gasteiger partial charge in [-0.15, -0.1) is 22.7 Å². The predicted molar refractivity (Wildman–Crippen MR) is 163 cm³/mol. The van der Waals surface area contributed by atoms with Crippen molar-refractivity contribution in [2.45, 2.75) is 37.8 Å². The number of amides is 1. The van der Waals surface area contributed by atoms with Gasteiger partial charge in [-0.05, 0) is 18.9 Å². The van der Waals surface area contributed by atoms with Crippen molar-refractivity contribution in [3.8, 4) is 10.4 Å². The number of hydrogen-bond donors (Lipinski definition) is 4. The number of thiophene rings is 1. The molecule has 0 aromatic carbocycles. The van der Waals surface area contributed by atoms with Crippen molar-refractivity contribution in [2.75, 3.05) is 41.8 Å². The molecule has 1 amide bonds. The van der Waals surface area contributed by atoms with Crippen molar-refractivity contribution < 1.29 is 13.9 Å². The van der Waals surface area contributed by atoms with E-state index in [1.54, 1.807) is 12.3 Å². The molecule has 1 aliphatic carbocycles. The van der Waals surface area contributed by atoms with Crippen LogP contribution in [0.1, 0.15) is 36.0 Å². The van der Waals surface area contributed by atoms with Gasteiger partial charge in [0.05, 0.1) is 28.6 Å². The smallest absolute Gasteiger partial charge is 0.256 e. The number of nitrogens with one attached hydrogen (secondary N) is 2. The maximum absolute atomic E-state index is 12.9. The number of fused-ring (bicyclic) bond motifs is 2. The van der Waals surface area contributed by atoms with E-state index in [-0.39, 0.29) is 28.9 Å². The molecule has 5 aromatic heterocycles. The van der Waals surface area contributed by atoms with E-state index >= 15 is 0 Å². The quantitative estimate of drug-likeness (QED) is 0.213. The molecule has 218 valence electrons. The van der Waals surface area contributed by atoms with Crippen LogP contribution >= 0.6 is 22.7 Å². The Morgan fingerprint density at radius 2 is 2.00 bits per heavy atom. The number of carbonyl (C=O) groups excluding carboxylic acids is 1. The van der Waals surface area contributed by atoms with E-state index in [2.05, 4.69) is 25.6 Å². The topological polar surface area (TPSA) is 179 Å². The van der Waals surface area contributed by atoms with E-state index in [1.807, 2.05) is 11.4 Å². The number of rotatable bonds is 7. The standard InChI is InChI=1S/C27H29N9O4S2/c28-16-3-1-2-4-17(16)33-27-34-25(21(24(29)38)26-30-13-31-36(26)27)32-14-9-19(41-12-14)15-11-40-22-18(37)10-20(42-23(15)22)35-5-7-39-8-6-35/h9-13,16-17,32H,1-8,28H2,(H2,29,38)(H,33,34)/t16-,17+/m1/s1. The lowest BCUT2D eigenvalue weighted by molar-refractivity contribution is 0.100. The monoisotopic (exact) mass is 607 g/mol. The van der Waals surface area contributed by atoms with Crippen molar-refractivity contribution in [1.82, 2.24) is 19.6 Å². The summed E-state index contributed by atoms with van der Waals surface area (Å²) < 4.78 is 13.5. The number of nitrogens with zero attached hydrogens (tertiary/aromatic N) is 5. The van der Waals surface area contributed by atoms with Crippen LogP contribution in [0.5, 0.6) is 0 Å². The normalized spacial score (nSPS) is 19.4. The van der Waals surface area contributed by atoms with Gasteiger partial charge in [-0.3, -0.25) is 9.59 Å². The van der Waals surface area contributed by atoms with Gasteiger partial charge in [-0.25, -0.2) is 4.98 Å². The van der Waals surface area contributed by atoms with Gasteiger partial charge in [-0.2, -0.15) is 14.6 Å². The Morgan fingerprint density at radius 1 is 1.17 bits per heavy atom. The average Bonchev–Trinajstić information content (AvgIpc) is 3.75.